The number of carbonyl (C=O) groups excluding carboxylic acids is 1. The van der Waals surface area contributed by atoms with Gasteiger partial charge in [-0.2, -0.15) is 13.2 Å². The molecule has 30 heavy (non-hydrogen) atoms. The Morgan fingerprint density at radius 2 is 1.60 bits per heavy atom. The summed E-state index contributed by atoms with van der Waals surface area (Å²) in [7, 11) is 0. The highest BCUT2D eigenvalue weighted by atomic mass is 35.5. The van der Waals surface area contributed by atoms with Gasteiger partial charge in [0.2, 0.25) is 0 Å². The van der Waals surface area contributed by atoms with Crippen LogP contribution in [0.4, 0.5) is 13.2 Å². The minimum Gasteiger partial charge on any atom is -0.387 e. The summed E-state index contributed by atoms with van der Waals surface area (Å²) in [6.07, 6.45) is -3.08. The first-order valence-corrected chi connectivity index (χ1v) is 9.20. The van der Waals surface area contributed by atoms with Gasteiger partial charge in [-0.1, -0.05) is 29.8 Å². The number of alkyl halides is 3. The van der Waals surface area contributed by atoms with Gasteiger partial charge in [-0.05, 0) is 53.6 Å². The monoisotopic (exact) mass is 432 g/mol. The molecule has 4 nitrogen and oxygen atoms in total. The topological polar surface area (TPSA) is 74.0 Å². The molecule has 0 radical (unpaired) electrons. The lowest BCUT2D eigenvalue weighted by molar-refractivity contribution is -0.137. The van der Waals surface area contributed by atoms with Gasteiger partial charge in [-0.3, -0.25) is 9.78 Å². The number of aliphatic hydroxyl groups is 1. The summed E-state index contributed by atoms with van der Waals surface area (Å²) >= 11 is 5.86. The smallest absolute Gasteiger partial charge is 0.387 e. The van der Waals surface area contributed by atoms with Crippen molar-refractivity contribution < 1.29 is 23.1 Å². The molecule has 2 atom stereocenters. The van der Waals surface area contributed by atoms with Crippen LogP contribution in [0.1, 0.15) is 33.2 Å². The summed E-state index contributed by atoms with van der Waals surface area (Å²) < 4.78 is 38.5. The molecule has 1 heterocycles. The molecule has 0 bridgehead atoms. The minimum atomic E-state index is -4.52. The largest absolute Gasteiger partial charge is 0.416 e. The van der Waals surface area contributed by atoms with Gasteiger partial charge < -0.3 is 10.5 Å². The van der Waals surface area contributed by atoms with Crippen LogP contribution in [0.25, 0.3) is 0 Å². The zero-order valence-electron chi connectivity index (χ0n) is 15.4. The number of hydrogen-bond donors (Lipinski definition) is 2. The SMILES string of the molecule is N=C(c1ccc(C(F)(F)F)cc1)C(C(=O)c1ccc(Cl)cc1)C(O)c1cccnc1. The van der Waals surface area contributed by atoms with Crippen LogP contribution in [0, 0.1) is 11.3 Å². The molecule has 3 rings (SSSR count). The number of ketones is 1. The van der Waals surface area contributed by atoms with E-state index in [0.29, 0.717) is 10.6 Å². The van der Waals surface area contributed by atoms with Crippen molar-refractivity contribution in [2.45, 2.75) is 12.3 Å². The molecule has 154 valence electrons. The highest BCUT2D eigenvalue weighted by Gasteiger charge is 2.35. The molecule has 0 fully saturated rings. The molecule has 1 aromatic heterocycles. The van der Waals surface area contributed by atoms with E-state index >= 15 is 0 Å². The first-order valence-electron chi connectivity index (χ1n) is 8.82. The molecule has 0 aliphatic carbocycles. The second-order valence-electron chi connectivity index (χ2n) is 6.57. The van der Waals surface area contributed by atoms with Crippen LogP contribution in [0.15, 0.2) is 73.1 Å². The van der Waals surface area contributed by atoms with Crippen LogP contribution in [-0.4, -0.2) is 21.6 Å². The van der Waals surface area contributed by atoms with E-state index in [1.54, 1.807) is 12.1 Å². The average molecular weight is 433 g/mol. The van der Waals surface area contributed by atoms with Crippen molar-refractivity contribution in [2.24, 2.45) is 5.92 Å². The summed E-state index contributed by atoms with van der Waals surface area (Å²) in [6, 6.07) is 13.0. The zero-order valence-corrected chi connectivity index (χ0v) is 16.2. The van der Waals surface area contributed by atoms with Crippen LogP contribution in [0.5, 0.6) is 0 Å². The quantitative estimate of drug-likeness (QED) is 0.407. The van der Waals surface area contributed by atoms with E-state index in [-0.39, 0.29) is 16.8 Å². The van der Waals surface area contributed by atoms with E-state index in [1.165, 1.54) is 36.7 Å². The second kappa shape index (κ2) is 8.77. The number of nitrogens with one attached hydrogen (secondary N) is 1. The average Bonchev–Trinajstić information content (AvgIpc) is 2.74. The van der Waals surface area contributed by atoms with E-state index in [2.05, 4.69) is 4.98 Å². The summed E-state index contributed by atoms with van der Waals surface area (Å²) in [5.41, 5.74) is -0.559. The summed E-state index contributed by atoms with van der Waals surface area (Å²) in [4.78, 5) is 17.1. The first-order chi connectivity index (χ1) is 14.2. The van der Waals surface area contributed by atoms with Gasteiger partial charge in [0, 0.05) is 23.0 Å². The normalized spacial score (nSPS) is 13.5. The van der Waals surface area contributed by atoms with Gasteiger partial charge in [0.15, 0.2) is 5.78 Å². The molecule has 0 aliphatic rings. The number of pyridine rings is 1. The number of Topliss-reactive ketones (excluding diaryl/α,β-unsaturated/α-hetero) is 1. The Bertz CT molecular complexity index is 1040. The molecule has 3 aromatic rings. The van der Waals surface area contributed by atoms with Crippen molar-refractivity contribution in [1.82, 2.24) is 4.98 Å². The Morgan fingerprint density at radius 1 is 1.00 bits per heavy atom. The lowest BCUT2D eigenvalue weighted by atomic mass is 9.82. The number of aliphatic hydroxyl groups excluding tert-OH is 1. The fourth-order valence-electron chi connectivity index (χ4n) is 2.99. The molecular weight excluding hydrogens is 417 g/mol. The van der Waals surface area contributed by atoms with Crippen LogP contribution < -0.4 is 0 Å². The Kier molecular flexibility index (Phi) is 6.34. The Morgan fingerprint density at radius 3 is 2.13 bits per heavy atom. The molecule has 0 amide bonds. The maximum Gasteiger partial charge on any atom is 0.416 e. The van der Waals surface area contributed by atoms with E-state index in [9.17, 15) is 23.1 Å². The van der Waals surface area contributed by atoms with Crippen molar-refractivity contribution in [3.05, 3.63) is 100 Å². The Labute approximate surface area is 175 Å². The molecule has 8 heteroatoms. The van der Waals surface area contributed by atoms with Crippen molar-refractivity contribution in [2.75, 3.05) is 0 Å². The summed E-state index contributed by atoms with van der Waals surface area (Å²) in [5.74, 6) is -1.92. The number of benzene rings is 2. The molecule has 2 unspecified atom stereocenters. The van der Waals surface area contributed by atoms with Crippen molar-refractivity contribution in [3.63, 3.8) is 0 Å². The van der Waals surface area contributed by atoms with Gasteiger partial charge in [-0.15, -0.1) is 0 Å². The van der Waals surface area contributed by atoms with Crippen molar-refractivity contribution in [3.8, 4) is 0 Å². The summed E-state index contributed by atoms with van der Waals surface area (Å²) in [6.45, 7) is 0. The van der Waals surface area contributed by atoms with Gasteiger partial charge >= 0.3 is 6.18 Å². The number of carbonyl (C=O) groups is 1. The number of rotatable bonds is 6. The van der Waals surface area contributed by atoms with Crippen LogP contribution in [0.2, 0.25) is 5.02 Å². The maximum absolute atomic E-state index is 13.2. The highest BCUT2D eigenvalue weighted by Crippen LogP contribution is 2.32. The molecular formula is C22H16ClF3N2O2. The van der Waals surface area contributed by atoms with Crippen molar-refractivity contribution >= 4 is 23.1 Å². The molecule has 0 saturated heterocycles. The molecule has 2 N–H and O–H groups in total. The molecule has 0 spiro atoms. The number of aromatic nitrogens is 1. The molecule has 2 aromatic carbocycles. The first kappa shape index (κ1) is 21.7. The van der Waals surface area contributed by atoms with E-state index < -0.39 is 29.5 Å². The van der Waals surface area contributed by atoms with Crippen LogP contribution in [-0.2, 0) is 6.18 Å². The summed E-state index contributed by atoms with van der Waals surface area (Å²) in [5, 5.41) is 19.8. The predicted octanol–water partition coefficient (Wildman–Crippen LogP) is 5.35. The van der Waals surface area contributed by atoms with Gasteiger partial charge in [-0.25, -0.2) is 0 Å². The van der Waals surface area contributed by atoms with Crippen LogP contribution in [0.3, 0.4) is 0 Å². The molecule has 0 saturated carbocycles. The number of halogens is 4. The van der Waals surface area contributed by atoms with Crippen molar-refractivity contribution in [1.29, 1.82) is 5.41 Å². The third-order valence-corrected chi connectivity index (χ3v) is 4.84. The van der Waals surface area contributed by atoms with Gasteiger partial charge in [0.25, 0.3) is 0 Å². The second-order valence-corrected chi connectivity index (χ2v) is 7.01. The highest BCUT2D eigenvalue weighted by molar-refractivity contribution is 6.30. The maximum atomic E-state index is 13.2. The third-order valence-electron chi connectivity index (χ3n) is 4.59. The number of hydrogen-bond acceptors (Lipinski definition) is 4. The lowest BCUT2D eigenvalue weighted by Crippen LogP contribution is -2.31. The van der Waals surface area contributed by atoms with E-state index in [1.807, 2.05) is 0 Å². The fourth-order valence-corrected chi connectivity index (χ4v) is 3.11. The third kappa shape index (κ3) is 4.75. The van der Waals surface area contributed by atoms with Crippen LogP contribution >= 0.6 is 11.6 Å². The molecule has 0 aliphatic heterocycles. The number of nitrogens with zero attached hydrogens (tertiary/aromatic N) is 1. The predicted molar refractivity (Wildman–Crippen MR) is 107 cm³/mol. The standard InChI is InChI=1S/C22H16ClF3N2O2/c23-17-9-5-14(6-10-17)20(29)18(21(30)15-2-1-11-28-12-15)19(27)13-3-7-16(8-4-13)22(24,25)26/h1-12,18,21,27,30H. The lowest BCUT2D eigenvalue weighted by Gasteiger charge is -2.23. The van der Waals surface area contributed by atoms with Gasteiger partial charge in [0.1, 0.15) is 0 Å². The Hall–Kier alpha value is -3.03. The zero-order chi connectivity index (χ0) is 21.9. The minimum absolute atomic E-state index is 0.0956. The fraction of sp³-hybridized carbons (Fsp3) is 0.136. The Balaban J connectivity index is 2.01. The van der Waals surface area contributed by atoms with E-state index in [4.69, 9.17) is 17.0 Å². The van der Waals surface area contributed by atoms with E-state index in [0.717, 1.165) is 24.3 Å². The van der Waals surface area contributed by atoms with Gasteiger partial charge in [0.05, 0.1) is 23.3 Å².